The molecule has 3 aromatic rings. The van der Waals surface area contributed by atoms with Gasteiger partial charge in [-0.15, -0.1) is 11.3 Å². The number of anilines is 1. The van der Waals surface area contributed by atoms with E-state index in [1.54, 1.807) is 18.3 Å². The van der Waals surface area contributed by atoms with E-state index < -0.39 is 0 Å². The number of carbonyl (C=O) groups is 1. The molecule has 0 spiro atoms. The predicted octanol–water partition coefficient (Wildman–Crippen LogP) is 3.93. The van der Waals surface area contributed by atoms with E-state index in [-0.39, 0.29) is 5.91 Å². The summed E-state index contributed by atoms with van der Waals surface area (Å²) in [6.07, 6.45) is 3.65. The molecule has 1 amide bonds. The number of fused-ring (bicyclic) bond motifs is 1. The molecule has 0 aliphatic carbocycles. The van der Waals surface area contributed by atoms with Gasteiger partial charge in [0.05, 0.1) is 12.8 Å². The van der Waals surface area contributed by atoms with Gasteiger partial charge < -0.3 is 10.1 Å². The fourth-order valence-corrected chi connectivity index (χ4v) is 3.10. The number of halogens is 1. The van der Waals surface area contributed by atoms with Crippen LogP contribution in [0.5, 0.6) is 5.75 Å². The molecule has 1 aromatic carbocycles. The number of hydrogen-bond acceptors (Lipinski definition) is 4. The summed E-state index contributed by atoms with van der Waals surface area (Å²) in [5, 5.41) is 3.41. The largest absolute Gasteiger partial charge is 0.495 e. The van der Waals surface area contributed by atoms with Gasteiger partial charge >= 0.3 is 0 Å². The molecule has 1 N–H and O–H groups in total. The number of thiazole rings is 1. The molecule has 0 unspecified atom stereocenters. The summed E-state index contributed by atoms with van der Waals surface area (Å²) in [7, 11) is 1.53. The second-order valence-corrected chi connectivity index (χ2v) is 6.53. The summed E-state index contributed by atoms with van der Waals surface area (Å²) in [5.41, 5.74) is 1.79. The minimum absolute atomic E-state index is 0.284. The number of hydrogen-bond donors (Lipinski definition) is 1. The highest BCUT2D eigenvalue weighted by Crippen LogP contribution is 2.31. The molecule has 0 aliphatic heterocycles. The van der Waals surface area contributed by atoms with E-state index in [1.807, 2.05) is 24.4 Å². The van der Waals surface area contributed by atoms with Gasteiger partial charge in [-0.2, -0.15) is 0 Å². The fourth-order valence-electron chi connectivity index (χ4n) is 2.14. The van der Waals surface area contributed by atoms with E-state index in [2.05, 4.69) is 10.3 Å². The van der Waals surface area contributed by atoms with Crippen LogP contribution in [-0.2, 0) is 0 Å². The van der Waals surface area contributed by atoms with Gasteiger partial charge in [-0.05, 0) is 25.5 Å². The van der Waals surface area contributed by atoms with Gasteiger partial charge in [-0.3, -0.25) is 9.20 Å². The van der Waals surface area contributed by atoms with Crippen LogP contribution in [0.3, 0.4) is 0 Å². The number of aryl methyl sites for hydroxylation is 2. The second kappa shape index (κ2) is 5.62. The van der Waals surface area contributed by atoms with Crippen LogP contribution in [0, 0.1) is 13.8 Å². The average Bonchev–Trinajstić information content (AvgIpc) is 2.99. The lowest BCUT2D eigenvalue weighted by Crippen LogP contribution is -2.13. The summed E-state index contributed by atoms with van der Waals surface area (Å²) in [6.45, 7) is 3.87. The maximum atomic E-state index is 12.4. The van der Waals surface area contributed by atoms with Gasteiger partial charge in [0.15, 0.2) is 4.96 Å². The Morgan fingerprint density at radius 2 is 2.14 bits per heavy atom. The number of nitrogens with zero attached hydrogens (tertiary/aromatic N) is 2. The Bertz CT molecular complexity index is 838. The molecule has 0 fully saturated rings. The van der Waals surface area contributed by atoms with Crippen molar-refractivity contribution in [2.75, 3.05) is 12.4 Å². The minimum atomic E-state index is -0.284. The van der Waals surface area contributed by atoms with Crippen molar-refractivity contribution >= 4 is 39.5 Å². The van der Waals surface area contributed by atoms with E-state index >= 15 is 0 Å². The van der Waals surface area contributed by atoms with Crippen LogP contribution in [0.4, 0.5) is 5.69 Å². The molecule has 0 bridgehead atoms. The Kier molecular flexibility index (Phi) is 3.80. The maximum Gasteiger partial charge on any atom is 0.276 e. The van der Waals surface area contributed by atoms with E-state index in [1.165, 1.54) is 18.4 Å². The lowest BCUT2D eigenvalue weighted by atomic mass is 10.2. The monoisotopic (exact) mass is 335 g/mol. The van der Waals surface area contributed by atoms with Crippen LogP contribution < -0.4 is 10.1 Å². The van der Waals surface area contributed by atoms with Crippen molar-refractivity contribution in [2.24, 2.45) is 0 Å². The summed E-state index contributed by atoms with van der Waals surface area (Å²) >= 11 is 7.60. The van der Waals surface area contributed by atoms with Gasteiger partial charge in [0.25, 0.3) is 5.91 Å². The van der Waals surface area contributed by atoms with Crippen LogP contribution in [-0.4, -0.2) is 22.4 Å². The number of nitrogens with one attached hydrogen (secondary N) is 1. The van der Waals surface area contributed by atoms with Crippen molar-refractivity contribution in [3.63, 3.8) is 0 Å². The molecule has 0 saturated heterocycles. The maximum absolute atomic E-state index is 12.4. The van der Waals surface area contributed by atoms with E-state index in [9.17, 15) is 4.79 Å². The lowest BCUT2D eigenvalue weighted by Gasteiger charge is -2.11. The number of ether oxygens (including phenoxy) is 1. The zero-order valence-corrected chi connectivity index (χ0v) is 13.9. The molecule has 22 heavy (non-hydrogen) atoms. The summed E-state index contributed by atoms with van der Waals surface area (Å²) in [5.74, 6) is 0.231. The molecule has 7 heteroatoms. The van der Waals surface area contributed by atoms with Crippen LogP contribution in [0.25, 0.3) is 4.96 Å². The molecule has 3 rings (SSSR count). The predicted molar refractivity (Wildman–Crippen MR) is 88.5 cm³/mol. The Hall–Kier alpha value is -2.05. The van der Waals surface area contributed by atoms with Gasteiger partial charge in [0, 0.05) is 28.4 Å². The molecular weight excluding hydrogens is 322 g/mol. The highest BCUT2D eigenvalue weighted by Gasteiger charge is 2.15. The molecule has 0 aliphatic rings. The van der Waals surface area contributed by atoms with Gasteiger partial charge in [-0.25, -0.2) is 4.98 Å². The number of imidazole rings is 1. The van der Waals surface area contributed by atoms with Crippen LogP contribution >= 0.6 is 22.9 Å². The topological polar surface area (TPSA) is 55.6 Å². The third-order valence-corrected chi connectivity index (χ3v) is 4.55. The first kappa shape index (κ1) is 14.9. The molecule has 0 saturated carbocycles. The third kappa shape index (κ3) is 2.67. The SMILES string of the molecule is COc1cc(Cl)c(C)cc1NC(=O)c1cn2cc(C)sc2n1. The van der Waals surface area contributed by atoms with Gasteiger partial charge in [-0.1, -0.05) is 11.6 Å². The Balaban J connectivity index is 1.90. The number of carbonyl (C=O) groups excluding carboxylic acids is 1. The summed E-state index contributed by atoms with van der Waals surface area (Å²) in [4.78, 5) is 18.6. The number of aromatic nitrogens is 2. The van der Waals surface area contributed by atoms with Crippen molar-refractivity contribution in [1.82, 2.24) is 9.38 Å². The smallest absolute Gasteiger partial charge is 0.276 e. The van der Waals surface area contributed by atoms with E-state index in [0.29, 0.717) is 22.2 Å². The highest BCUT2D eigenvalue weighted by molar-refractivity contribution is 7.17. The Morgan fingerprint density at radius 1 is 1.36 bits per heavy atom. The molecule has 0 radical (unpaired) electrons. The van der Waals surface area contributed by atoms with Crippen molar-refractivity contribution in [2.45, 2.75) is 13.8 Å². The van der Waals surface area contributed by atoms with Gasteiger partial charge in [0.2, 0.25) is 0 Å². The van der Waals surface area contributed by atoms with Gasteiger partial charge in [0.1, 0.15) is 11.4 Å². The van der Waals surface area contributed by atoms with E-state index in [0.717, 1.165) is 15.4 Å². The zero-order chi connectivity index (χ0) is 15.9. The fraction of sp³-hybridized carbons (Fsp3) is 0.200. The van der Waals surface area contributed by atoms with Crippen molar-refractivity contribution in [3.05, 3.63) is 45.7 Å². The molecule has 2 aromatic heterocycles. The number of benzene rings is 1. The van der Waals surface area contributed by atoms with Crippen LogP contribution in [0.1, 0.15) is 20.9 Å². The molecular formula is C15H14ClN3O2S. The van der Waals surface area contributed by atoms with Crippen molar-refractivity contribution in [3.8, 4) is 5.75 Å². The standard InChI is InChI=1S/C15H14ClN3O2S/c1-8-4-11(13(21-3)5-10(8)16)17-14(20)12-7-19-6-9(2)22-15(19)18-12/h4-7H,1-3H3,(H,17,20). The first-order valence-corrected chi connectivity index (χ1v) is 7.78. The quantitative estimate of drug-likeness (QED) is 0.789. The normalized spacial score (nSPS) is 10.9. The average molecular weight is 336 g/mol. The first-order chi connectivity index (χ1) is 10.5. The molecule has 5 nitrogen and oxygen atoms in total. The molecule has 0 atom stereocenters. The zero-order valence-electron chi connectivity index (χ0n) is 12.3. The lowest BCUT2D eigenvalue weighted by molar-refractivity contribution is 0.102. The molecule has 2 heterocycles. The second-order valence-electron chi connectivity index (χ2n) is 4.91. The number of rotatable bonds is 3. The third-order valence-electron chi connectivity index (χ3n) is 3.23. The summed E-state index contributed by atoms with van der Waals surface area (Å²) < 4.78 is 7.10. The number of amides is 1. The number of methoxy groups -OCH3 is 1. The first-order valence-electron chi connectivity index (χ1n) is 6.58. The van der Waals surface area contributed by atoms with Crippen LogP contribution in [0.15, 0.2) is 24.5 Å². The highest BCUT2D eigenvalue weighted by atomic mass is 35.5. The summed E-state index contributed by atoms with van der Waals surface area (Å²) in [6, 6.07) is 3.46. The minimum Gasteiger partial charge on any atom is -0.495 e. The Labute approximate surface area is 136 Å². The molecule has 114 valence electrons. The van der Waals surface area contributed by atoms with Crippen LogP contribution in [0.2, 0.25) is 5.02 Å². The van der Waals surface area contributed by atoms with E-state index in [4.69, 9.17) is 16.3 Å². The van der Waals surface area contributed by atoms with Crippen molar-refractivity contribution < 1.29 is 9.53 Å². The van der Waals surface area contributed by atoms with Crippen molar-refractivity contribution in [1.29, 1.82) is 0 Å². The Morgan fingerprint density at radius 3 is 2.82 bits per heavy atom.